The Bertz CT molecular complexity index is 422. The molecule has 0 aliphatic rings. The van der Waals surface area contributed by atoms with Crippen molar-refractivity contribution in [3.05, 3.63) is 40.2 Å². The summed E-state index contributed by atoms with van der Waals surface area (Å²) >= 11 is 1.77. The van der Waals surface area contributed by atoms with Crippen LogP contribution in [0, 0.1) is 0 Å². The number of hydrogen-bond acceptors (Lipinski definition) is 4. The summed E-state index contributed by atoms with van der Waals surface area (Å²) in [4.78, 5) is 5.70. The first-order valence-corrected chi connectivity index (χ1v) is 6.31. The van der Waals surface area contributed by atoms with Gasteiger partial charge in [-0.3, -0.25) is 0 Å². The molecule has 4 heteroatoms. The molecule has 2 aromatic rings. The Balaban J connectivity index is 1.87. The Morgan fingerprint density at radius 1 is 1.56 bits per heavy atom. The van der Waals surface area contributed by atoms with Crippen LogP contribution in [-0.2, 0) is 13.0 Å². The number of furan rings is 1. The molecule has 0 spiro atoms. The fourth-order valence-corrected chi connectivity index (χ4v) is 2.29. The molecule has 0 fully saturated rings. The lowest BCUT2D eigenvalue weighted by molar-refractivity contribution is 0.430. The summed E-state index contributed by atoms with van der Waals surface area (Å²) < 4.78 is 5.33. The van der Waals surface area contributed by atoms with E-state index in [1.807, 2.05) is 18.3 Å². The van der Waals surface area contributed by atoms with Gasteiger partial charge in [0.1, 0.15) is 10.8 Å². The number of aromatic nitrogens is 1. The highest BCUT2D eigenvalue weighted by Crippen LogP contribution is 2.16. The van der Waals surface area contributed by atoms with Gasteiger partial charge in [0.15, 0.2) is 0 Å². The Hall–Kier alpha value is -1.13. The molecule has 1 unspecified atom stereocenters. The number of rotatable bonds is 5. The van der Waals surface area contributed by atoms with Gasteiger partial charge in [-0.25, -0.2) is 4.98 Å². The van der Waals surface area contributed by atoms with Crippen molar-refractivity contribution in [1.29, 1.82) is 0 Å². The van der Waals surface area contributed by atoms with E-state index in [-0.39, 0.29) is 6.04 Å². The maximum Gasteiger partial charge on any atom is 0.120 e. The van der Waals surface area contributed by atoms with Crippen LogP contribution in [0.25, 0.3) is 0 Å². The molecular weight excluding hydrogens is 220 g/mol. The van der Waals surface area contributed by atoms with Gasteiger partial charge in [0.25, 0.3) is 0 Å². The number of nitrogens with zero attached hydrogens (tertiary/aromatic N) is 1. The van der Waals surface area contributed by atoms with Gasteiger partial charge in [-0.15, -0.1) is 11.3 Å². The molecule has 0 saturated heterocycles. The summed E-state index contributed by atoms with van der Waals surface area (Å²) in [6.45, 7) is 5.04. The highest BCUT2D eigenvalue weighted by atomic mass is 32.1. The van der Waals surface area contributed by atoms with E-state index in [0.717, 1.165) is 23.7 Å². The first-order chi connectivity index (χ1) is 7.79. The van der Waals surface area contributed by atoms with E-state index in [1.165, 1.54) is 4.88 Å². The zero-order chi connectivity index (χ0) is 11.4. The first kappa shape index (κ1) is 11.4. The molecule has 0 amide bonds. The van der Waals surface area contributed by atoms with Gasteiger partial charge >= 0.3 is 0 Å². The zero-order valence-electron chi connectivity index (χ0n) is 9.56. The topological polar surface area (TPSA) is 38.1 Å². The number of hydrogen-bond donors (Lipinski definition) is 1. The van der Waals surface area contributed by atoms with E-state index < -0.39 is 0 Å². The van der Waals surface area contributed by atoms with Gasteiger partial charge < -0.3 is 9.73 Å². The maximum atomic E-state index is 5.33. The lowest BCUT2D eigenvalue weighted by Gasteiger charge is -2.09. The number of thiazole rings is 1. The molecule has 16 heavy (non-hydrogen) atoms. The standard InChI is InChI=1S/C12H16N2OS/c1-3-10-7-14-12(16-10)8-13-9(2)11-5-4-6-15-11/h4-7,9,13H,3,8H2,1-2H3. The van der Waals surface area contributed by atoms with Crippen molar-refractivity contribution in [2.45, 2.75) is 32.9 Å². The lowest BCUT2D eigenvalue weighted by atomic mass is 10.2. The number of aryl methyl sites for hydroxylation is 1. The molecule has 1 N–H and O–H groups in total. The van der Waals surface area contributed by atoms with Gasteiger partial charge in [0.2, 0.25) is 0 Å². The third-order valence-electron chi connectivity index (χ3n) is 2.48. The van der Waals surface area contributed by atoms with E-state index in [2.05, 4.69) is 24.1 Å². The minimum Gasteiger partial charge on any atom is -0.468 e. The van der Waals surface area contributed by atoms with E-state index >= 15 is 0 Å². The Morgan fingerprint density at radius 2 is 2.44 bits per heavy atom. The summed E-state index contributed by atoms with van der Waals surface area (Å²) in [7, 11) is 0. The zero-order valence-corrected chi connectivity index (χ0v) is 10.4. The second-order valence-corrected chi connectivity index (χ2v) is 4.89. The molecule has 0 aliphatic carbocycles. The van der Waals surface area contributed by atoms with Crippen molar-refractivity contribution in [3.63, 3.8) is 0 Å². The van der Waals surface area contributed by atoms with Crippen LogP contribution < -0.4 is 5.32 Å². The van der Waals surface area contributed by atoms with Gasteiger partial charge in [-0.2, -0.15) is 0 Å². The van der Waals surface area contributed by atoms with E-state index in [0.29, 0.717) is 0 Å². The highest BCUT2D eigenvalue weighted by molar-refractivity contribution is 7.11. The lowest BCUT2D eigenvalue weighted by Crippen LogP contribution is -2.17. The smallest absolute Gasteiger partial charge is 0.120 e. The largest absolute Gasteiger partial charge is 0.468 e. The Kier molecular flexibility index (Phi) is 3.74. The predicted octanol–water partition coefficient (Wildman–Crippen LogP) is 3.15. The summed E-state index contributed by atoms with van der Waals surface area (Å²) in [5.41, 5.74) is 0. The molecule has 2 heterocycles. The van der Waals surface area contributed by atoms with Crippen molar-refractivity contribution in [1.82, 2.24) is 10.3 Å². The van der Waals surface area contributed by atoms with Crippen molar-refractivity contribution >= 4 is 11.3 Å². The van der Waals surface area contributed by atoms with Crippen LogP contribution in [0.15, 0.2) is 29.0 Å². The summed E-state index contributed by atoms with van der Waals surface area (Å²) in [5.74, 6) is 0.965. The van der Waals surface area contributed by atoms with Crippen LogP contribution in [0.3, 0.4) is 0 Å². The molecule has 2 rings (SSSR count). The van der Waals surface area contributed by atoms with Crippen LogP contribution in [-0.4, -0.2) is 4.98 Å². The van der Waals surface area contributed by atoms with E-state index in [1.54, 1.807) is 17.6 Å². The third kappa shape index (κ3) is 2.71. The molecule has 0 aliphatic heterocycles. The molecule has 0 saturated carbocycles. The number of nitrogens with one attached hydrogen (secondary N) is 1. The van der Waals surface area contributed by atoms with E-state index in [9.17, 15) is 0 Å². The highest BCUT2D eigenvalue weighted by Gasteiger charge is 2.08. The van der Waals surface area contributed by atoms with Crippen LogP contribution in [0.4, 0.5) is 0 Å². The third-order valence-corrected chi connectivity index (χ3v) is 3.62. The van der Waals surface area contributed by atoms with Crippen molar-refractivity contribution in [2.75, 3.05) is 0 Å². The van der Waals surface area contributed by atoms with Crippen molar-refractivity contribution in [3.8, 4) is 0 Å². The summed E-state index contributed by atoms with van der Waals surface area (Å²) in [5, 5.41) is 4.53. The minimum atomic E-state index is 0.226. The summed E-state index contributed by atoms with van der Waals surface area (Å²) in [6, 6.07) is 4.12. The average molecular weight is 236 g/mol. The Labute approximate surface area is 99.5 Å². The predicted molar refractivity (Wildman–Crippen MR) is 65.5 cm³/mol. The van der Waals surface area contributed by atoms with Gasteiger partial charge in [-0.05, 0) is 25.5 Å². The normalized spacial score (nSPS) is 12.9. The molecule has 2 aromatic heterocycles. The van der Waals surface area contributed by atoms with Crippen LogP contribution >= 0.6 is 11.3 Å². The monoisotopic (exact) mass is 236 g/mol. The van der Waals surface area contributed by atoms with Crippen LogP contribution in [0.1, 0.15) is 35.5 Å². The first-order valence-electron chi connectivity index (χ1n) is 5.50. The SMILES string of the molecule is CCc1cnc(CNC(C)c2ccco2)s1. The van der Waals surface area contributed by atoms with Crippen LogP contribution in [0.5, 0.6) is 0 Å². The minimum absolute atomic E-state index is 0.226. The van der Waals surface area contributed by atoms with Crippen molar-refractivity contribution < 1.29 is 4.42 Å². The fourth-order valence-electron chi connectivity index (χ4n) is 1.47. The molecule has 0 aromatic carbocycles. The maximum absolute atomic E-state index is 5.33. The van der Waals surface area contributed by atoms with Crippen molar-refractivity contribution in [2.24, 2.45) is 0 Å². The molecule has 3 nitrogen and oxygen atoms in total. The fraction of sp³-hybridized carbons (Fsp3) is 0.417. The second-order valence-electron chi connectivity index (χ2n) is 3.69. The second kappa shape index (κ2) is 5.27. The molecular formula is C12H16N2OS. The molecule has 1 atom stereocenters. The average Bonchev–Trinajstić information content (AvgIpc) is 2.96. The molecule has 0 radical (unpaired) electrons. The van der Waals surface area contributed by atoms with E-state index in [4.69, 9.17) is 4.42 Å². The Morgan fingerprint density at radius 3 is 3.06 bits per heavy atom. The summed E-state index contributed by atoms with van der Waals surface area (Å²) in [6.07, 6.45) is 4.72. The van der Waals surface area contributed by atoms with Crippen LogP contribution in [0.2, 0.25) is 0 Å². The quantitative estimate of drug-likeness (QED) is 0.866. The van der Waals surface area contributed by atoms with Gasteiger partial charge in [0.05, 0.1) is 12.3 Å². The molecule has 0 bridgehead atoms. The van der Waals surface area contributed by atoms with Gasteiger partial charge in [0, 0.05) is 17.6 Å². The van der Waals surface area contributed by atoms with Gasteiger partial charge in [-0.1, -0.05) is 6.92 Å². The molecule has 86 valence electrons.